The van der Waals surface area contributed by atoms with E-state index in [4.69, 9.17) is 5.73 Å². The maximum atomic E-state index is 13.1. The number of rotatable bonds is 2. The number of halogens is 1. The molecule has 0 aliphatic heterocycles. The first-order valence-corrected chi connectivity index (χ1v) is 5.85. The molecule has 0 heterocycles. The Kier molecular flexibility index (Phi) is 3.79. The average Bonchev–Trinajstić information content (AvgIpc) is 2.05. The topological polar surface area (TPSA) is 26.0 Å². The molecule has 15 heavy (non-hydrogen) atoms. The smallest absolute Gasteiger partial charge is 0.123 e. The summed E-state index contributed by atoms with van der Waals surface area (Å²) in [6, 6.07) is 4.69. The van der Waals surface area contributed by atoms with Crippen LogP contribution in [-0.4, -0.2) is 4.75 Å². The first kappa shape index (κ1) is 12.5. The van der Waals surface area contributed by atoms with Gasteiger partial charge in [-0.15, -0.1) is 11.8 Å². The summed E-state index contributed by atoms with van der Waals surface area (Å²) in [6.07, 6.45) is 0. The van der Waals surface area contributed by atoms with Crippen LogP contribution in [0.15, 0.2) is 23.1 Å². The minimum atomic E-state index is -0.222. The SMILES string of the molecule is C[C@H](N)c1cc(F)ccc1SC(C)(C)C. The third-order valence-electron chi connectivity index (χ3n) is 1.88. The molecule has 0 saturated carbocycles. The minimum absolute atomic E-state index is 0.113. The van der Waals surface area contributed by atoms with Gasteiger partial charge in [-0.1, -0.05) is 20.8 Å². The normalized spacial score (nSPS) is 14.0. The van der Waals surface area contributed by atoms with E-state index in [1.54, 1.807) is 11.8 Å². The highest BCUT2D eigenvalue weighted by molar-refractivity contribution is 8.00. The molecule has 1 rings (SSSR count). The number of nitrogens with two attached hydrogens (primary N) is 1. The molecule has 1 aromatic carbocycles. The Morgan fingerprint density at radius 3 is 2.40 bits per heavy atom. The van der Waals surface area contributed by atoms with Gasteiger partial charge in [0.2, 0.25) is 0 Å². The zero-order valence-electron chi connectivity index (χ0n) is 9.67. The maximum absolute atomic E-state index is 13.1. The van der Waals surface area contributed by atoms with Gasteiger partial charge in [0.1, 0.15) is 5.82 Å². The molecule has 0 saturated heterocycles. The van der Waals surface area contributed by atoms with Crippen molar-refractivity contribution in [2.45, 2.75) is 43.4 Å². The van der Waals surface area contributed by atoms with Crippen molar-refractivity contribution in [3.05, 3.63) is 29.6 Å². The molecule has 0 bridgehead atoms. The van der Waals surface area contributed by atoms with Crippen LogP contribution in [0.4, 0.5) is 4.39 Å². The Morgan fingerprint density at radius 2 is 1.93 bits per heavy atom. The highest BCUT2D eigenvalue weighted by Crippen LogP contribution is 2.36. The van der Waals surface area contributed by atoms with E-state index in [-0.39, 0.29) is 16.6 Å². The largest absolute Gasteiger partial charge is 0.324 e. The van der Waals surface area contributed by atoms with Gasteiger partial charge in [0, 0.05) is 15.7 Å². The van der Waals surface area contributed by atoms with Gasteiger partial charge in [0.05, 0.1) is 0 Å². The molecule has 0 spiro atoms. The van der Waals surface area contributed by atoms with Gasteiger partial charge in [-0.2, -0.15) is 0 Å². The molecule has 0 amide bonds. The van der Waals surface area contributed by atoms with Crippen molar-refractivity contribution in [1.82, 2.24) is 0 Å². The fraction of sp³-hybridized carbons (Fsp3) is 0.500. The number of hydrogen-bond acceptors (Lipinski definition) is 2. The van der Waals surface area contributed by atoms with Crippen LogP contribution in [0, 0.1) is 5.82 Å². The minimum Gasteiger partial charge on any atom is -0.324 e. The summed E-state index contributed by atoms with van der Waals surface area (Å²) in [5.41, 5.74) is 6.71. The molecule has 1 atom stereocenters. The molecule has 0 fully saturated rings. The van der Waals surface area contributed by atoms with Gasteiger partial charge in [-0.3, -0.25) is 0 Å². The summed E-state index contributed by atoms with van der Waals surface area (Å²) in [5.74, 6) is -0.222. The summed E-state index contributed by atoms with van der Waals surface area (Å²) in [4.78, 5) is 1.07. The van der Waals surface area contributed by atoms with Crippen LogP contribution >= 0.6 is 11.8 Å². The lowest BCUT2D eigenvalue weighted by Crippen LogP contribution is -2.11. The maximum Gasteiger partial charge on any atom is 0.123 e. The fourth-order valence-corrected chi connectivity index (χ4v) is 2.46. The Morgan fingerprint density at radius 1 is 1.33 bits per heavy atom. The Hall–Kier alpha value is -0.540. The van der Waals surface area contributed by atoms with E-state index in [2.05, 4.69) is 20.8 Å². The first-order valence-electron chi connectivity index (χ1n) is 5.03. The van der Waals surface area contributed by atoms with Gasteiger partial charge in [-0.05, 0) is 30.7 Å². The van der Waals surface area contributed by atoms with E-state index in [0.717, 1.165) is 10.5 Å². The van der Waals surface area contributed by atoms with Crippen LogP contribution < -0.4 is 5.73 Å². The second kappa shape index (κ2) is 4.54. The molecule has 84 valence electrons. The van der Waals surface area contributed by atoms with Crippen molar-refractivity contribution in [3.8, 4) is 0 Å². The van der Waals surface area contributed by atoms with E-state index in [1.807, 2.05) is 13.0 Å². The summed E-state index contributed by atoms with van der Waals surface area (Å²) < 4.78 is 13.2. The van der Waals surface area contributed by atoms with Crippen molar-refractivity contribution < 1.29 is 4.39 Å². The fourth-order valence-electron chi connectivity index (χ4n) is 1.30. The van der Waals surface area contributed by atoms with Crippen molar-refractivity contribution in [1.29, 1.82) is 0 Å². The van der Waals surface area contributed by atoms with Gasteiger partial charge < -0.3 is 5.73 Å². The highest BCUT2D eigenvalue weighted by atomic mass is 32.2. The Bertz CT molecular complexity index is 342. The molecule has 0 aliphatic carbocycles. The van der Waals surface area contributed by atoms with Crippen molar-refractivity contribution in [3.63, 3.8) is 0 Å². The molecule has 1 nitrogen and oxygen atoms in total. The van der Waals surface area contributed by atoms with E-state index in [1.165, 1.54) is 12.1 Å². The monoisotopic (exact) mass is 227 g/mol. The molecule has 0 unspecified atom stereocenters. The summed E-state index contributed by atoms with van der Waals surface area (Å²) in [7, 11) is 0. The summed E-state index contributed by atoms with van der Waals surface area (Å²) in [5, 5.41) is 0. The van der Waals surface area contributed by atoms with Crippen molar-refractivity contribution >= 4 is 11.8 Å². The zero-order valence-corrected chi connectivity index (χ0v) is 10.5. The Balaban J connectivity index is 3.06. The molecule has 0 aliphatic rings. The molecular formula is C12H18FNS. The second-order valence-electron chi connectivity index (χ2n) is 4.69. The second-order valence-corrected chi connectivity index (χ2v) is 6.55. The third kappa shape index (κ3) is 3.84. The van der Waals surface area contributed by atoms with Crippen LogP contribution in [0.5, 0.6) is 0 Å². The number of hydrogen-bond donors (Lipinski definition) is 1. The zero-order chi connectivity index (χ0) is 11.6. The average molecular weight is 227 g/mol. The third-order valence-corrected chi connectivity index (χ3v) is 3.08. The lowest BCUT2D eigenvalue weighted by Gasteiger charge is -2.21. The standard InChI is InChI=1S/C12H18FNS/c1-8(14)10-7-9(13)5-6-11(10)15-12(2,3)4/h5-8H,14H2,1-4H3/t8-/m0/s1. The molecule has 3 heteroatoms. The molecule has 0 aromatic heterocycles. The van der Waals surface area contributed by atoms with E-state index >= 15 is 0 Å². The highest BCUT2D eigenvalue weighted by Gasteiger charge is 2.16. The van der Waals surface area contributed by atoms with Crippen molar-refractivity contribution in [2.75, 3.05) is 0 Å². The van der Waals surface area contributed by atoms with E-state index < -0.39 is 0 Å². The molecular weight excluding hydrogens is 209 g/mol. The van der Waals surface area contributed by atoms with Gasteiger partial charge in [0.25, 0.3) is 0 Å². The lowest BCUT2D eigenvalue weighted by molar-refractivity contribution is 0.619. The molecule has 0 radical (unpaired) electrons. The number of benzene rings is 1. The van der Waals surface area contributed by atoms with Crippen molar-refractivity contribution in [2.24, 2.45) is 5.73 Å². The van der Waals surface area contributed by atoms with Crippen LogP contribution in [0.3, 0.4) is 0 Å². The summed E-state index contributed by atoms with van der Waals surface area (Å²) >= 11 is 1.72. The van der Waals surface area contributed by atoms with Crippen LogP contribution in [-0.2, 0) is 0 Å². The van der Waals surface area contributed by atoms with E-state index in [9.17, 15) is 4.39 Å². The van der Waals surface area contributed by atoms with Crippen LogP contribution in [0.2, 0.25) is 0 Å². The van der Waals surface area contributed by atoms with E-state index in [0.29, 0.717) is 0 Å². The quantitative estimate of drug-likeness (QED) is 0.779. The first-order chi connectivity index (χ1) is 6.79. The lowest BCUT2D eigenvalue weighted by atomic mass is 10.1. The summed E-state index contributed by atoms with van der Waals surface area (Å²) in [6.45, 7) is 8.27. The van der Waals surface area contributed by atoms with Crippen LogP contribution in [0.25, 0.3) is 0 Å². The predicted molar refractivity (Wildman–Crippen MR) is 64.6 cm³/mol. The molecule has 1 aromatic rings. The van der Waals surface area contributed by atoms with Gasteiger partial charge in [0.15, 0.2) is 0 Å². The Labute approximate surface area is 95.2 Å². The number of thioether (sulfide) groups is 1. The van der Waals surface area contributed by atoms with Gasteiger partial charge in [-0.25, -0.2) is 4.39 Å². The van der Waals surface area contributed by atoms with Crippen LogP contribution in [0.1, 0.15) is 39.3 Å². The van der Waals surface area contributed by atoms with Gasteiger partial charge >= 0.3 is 0 Å². The molecule has 2 N–H and O–H groups in total. The predicted octanol–water partition coefficient (Wildman–Crippen LogP) is 3.74.